The van der Waals surface area contributed by atoms with E-state index in [2.05, 4.69) is 16.0 Å². The maximum atomic E-state index is 13.9. The molecule has 0 fully saturated rings. The Labute approximate surface area is 161 Å². The second kappa shape index (κ2) is 7.03. The van der Waals surface area contributed by atoms with Gasteiger partial charge in [-0.25, -0.2) is 8.78 Å². The predicted octanol–water partition coefficient (Wildman–Crippen LogP) is 3.93. The molecule has 0 unspecified atom stereocenters. The van der Waals surface area contributed by atoms with Gasteiger partial charge in [0.15, 0.2) is 4.90 Å². The molecular weight excluding hydrogens is 386 g/mol. The topological polar surface area (TPSA) is 62.4 Å². The molecule has 2 aromatic carbocycles. The third-order valence-corrected chi connectivity index (χ3v) is 6.09. The van der Waals surface area contributed by atoms with Crippen molar-refractivity contribution in [3.8, 4) is 5.75 Å². The van der Waals surface area contributed by atoms with Crippen LogP contribution in [-0.4, -0.2) is 38.4 Å². The van der Waals surface area contributed by atoms with Crippen molar-refractivity contribution in [3.05, 3.63) is 65.9 Å². The van der Waals surface area contributed by atoms with Gasteiger partial charge in [-0.2, -0.15) is 8.42 Å². The van der Waals surface area contributed by atoms with E-state index in [1.165, 1.54) is 6.07 Å². The summed E-state index contributed by atoms with van der Waals surface area (Å²) in [7, 11) is -2.61. The standard InChI is InChI=1S/C20H18F2N2O3S/c1-24-9-7-13(8-10-24)16-12-23-19-6-5-14(11-15(16)19)27-28(25,26)20-17(21)3-2-4-18(20)22/h2-7,11-12,23H,8-10H2,1H3. The van der Waals surface area contributed by atoms with Crippen molar-refractivity contribution in [2.45, 2.75) is 11.3 Å². The molecule has 1 aliphatic rings. The zero-order valence-corrected chi connectivity index (χ0v) is 15.9. The summed E-state index contributed by atoms with van der Waals surface area (Å²) in [5.74, 6) is -2.40. The monoisotopic (exact) mass is 404 g/mol. The number of aromatic amines is 1. The fourth-order valence-corrected chi connectivity index (χ4v) is 4.38. The summed E-state index contributed by atoms with van der Waals surface area (Å²) >= 11 is 0. The van der Waals surface area contributed by atoms with Crippen molar-refractivity contribution >= 4 is 26.6 Å². The second-order valence-electron chi connectivity index (χ2n) is 6.74. The minimum absolute atomic E-state index is 0.00969. The van der Waals surface area contributed by atoms with Crippen LogP contribution in [-0.2, 0) is 10.1 Å². The molecule has 0 atom stereocenters. The molecule has 0 amide bonds. The molecule has 0 radical (unpaired) electrons. The van der Waals surface area contributed by atoms with Crippen LogP contribution in [0.1, 0.15) is 12.0 Å². The van der Waals surface area contributed by atoms with E-state index in [1.54, 1.807) is 12.1 Å². The van der Waals surface area contributed by atoms with Crippen LogP contribution in [0.2, 0.25) is 0 Å². The van der Waals surface area contributed by atoms with E-state index in [-0.39, 0.29) is 5.75 Å². The maximum absolute atomic E-state index is 13.9. The van der Waals surface area contributed by atoms with Crippen LogP contribution >= 0.6 is 0 Å². The Kier molecular flexibility index (Phi) is 4.68. The molecule has 0 saturated heterocycles. The molecule has 8 heteroatoms. The van der Waals surface area contributed by atoms with Gasteiger partial charge in [-0.15, -0.1) is 0 Å². The van der Waals surface area contributed by atoms with Gasteiger partial charge < -0.3 is 14.1 Å². The van der Waals surface area contributed by atoms with Gasteiger partial charge in [0.1, 0.15) is 17.4 Å². The molecular formula is C20H18F2N2O3S. The number of hydrogen-bond donors (Lipinski definition) is 1. The summed E-state index contributed by atoms with van der Waals surface area (Å²) in [5, 5.41) is 0.789. The highest BCUT2D eigenvalue weighted by Crippen LogP contribution is 2.32. The largest absolute Gasteiger partial charge is 0.379 e. The lowest BCUT2D eigenvalue weighted by Gasteiger charge is -2.21. The van der Waals surface area contributed by atoms with Crippen molar-refractivity contribution in [2.75, 3.05) is 20.1 Å². The van der Waals surface area contributed by atoms with Gasteiger partial charge in [-0.3, -0.25) is 0 Å². The SMILES string of the molecule is CN1CC=C(c2c[nH]c3ccc(OS(=O)(=O)c4c(F)cccc4F)cc23)CC1. The number of nitrogens with zero attached hydrogens (tertiary/aromatic N) is 1. The highest BCUT2D eigenvalue weighted by Gasteiger charge is 2.26. The molecule has 0 bridgehead atoms. The van der Waals surface area contributed by atoms with Crippen molar-refractivity contribution in [1.29, 1.82) is 0 Å². The molecule has 1 aromatic heterocycles. The van der Waals surface area contributed by atoms with Gasteiger partial charge in [0.05, 0.1) is 0 Å². The zero-order valence-electron chi connectivity index (χ0n) is 15.1. The smallest absolute Gasteiger partial charge is 0.345 e. The molecule has 4 rings (SSSR count). The molecule has 1 aliphatic heterocycles. The highest BCUT2D eigenvalue weighted by atomic mass is 32.2. The van der Waals surface area contributed by atoms with E-state index in [1.807, 2.05) is 13.2 Å². The third kappa shape index (κ3) is 3.41. The van der Waals surface area contributed by atoms with E-state index in [0.717, 1.165) is 59.7 Å². The molecule has 28 heavy (non-hydrogen) atoms. The number of nitrogens with one attached hydrogen (secondary N) is 1. The van der Waals surface area contributed by atoms with Crippen molar-refractivity contribution < 1.29 is 21.4 Å². The molecule has 3 aromatic rings. The van der Waals surface area contributed by atoms with Crippen molar-refractivity contribution in [3.63, 3.8) is 0 Å². The van der Waals surface area contributed by atoms with Crippen LogP contribution in [0.5, 0.6) is 5.75 Å². The quantitative estimate of drug-likeness (QED) is 0.670. The van der Waals surface area contributed by atoms with Gasteiger partial charge in [0.25, 0.3) is 0 Å². The van der Waals surface area contributed by atoms with E-state index in [9.17, 15) is 17.2 Å². The van der Waals surface area contributed by atoms with Crippen LogP contribution < -0.4 is 4.18 Å². The number of benzene rings is 2. The number of halogens is 2. The Hall–Kier alpha value is -2.71. The molecule has 1 N–H and O–H groups in total. The van der Waals surface area contributed by atoms with Crippen LogP contribution in [0.4, 0.5) is 8.78 Å². The highest BCUT2D eigenvalue weighted by molar-refractivity contribution is 7.87. The lowest BCUT2D eigenvalue weighted by atomic mass is 9.99. The third-order valence-electron chi connectivity index (χ3n) is 4.79. The van der Waals surface area contributed by atoms with Gasteiger partial charge in [-0.05, 0) is 49.4 Å². The Balaban J connectivity index is 1.71. The molecule has 5 nitrogen and oxygen atoms in total. The predicted molar refractivity (Wildman–Crippen MR) is 103 cm³/mol. The number of likely N-dealkylation sites (N-methyl/N-ethyl adjacent to an activating group) is 1. The summed E-state index contributed by atoms with van der Waals surface area (Å²) in [6, 6.07) is 7.53. The van der Waals surface area contributed by atoms with Crippen molar-refractivity contribution in [1.82, 2.24) is 9.88 Å². The summed E-state index contributed by atoms with van der Waals surface area (Å²) in [4.78, 5) is 4.26. The van der Waals surface area contributed by atoms with Crippen LogP contribution in [0, 0.1) is 11.6 Å². The summed E-state index contributed by atoms with van der Waals surface area (Å²) in [5.41, 5.74) is 2.93. The Bertz CT molecular complexity index is 1170. The first-order chi connectivity index (χ1) is 13.3. The first kappa shape index (κ1) is 18.6. The average Bonchev–Trinajstić information content (AvgIpc) is 3.05. The number of fused-ring (bicyclic) bond motifs is 1. The van der Waals surface area contributed by atoms with E-state index in [0.29, 0.717) is 0 Å². The number of hydrogen-bond acceptors (Lipinski definition) is 4. The first-order valence-corrected chi connectivity index (χ1v) is 10.1. The van der Waals surface area contributed by atoms with Gasteiger partial charge >= 0.3 is 10.1 Å². The van der Waals surface area contributed by atoms with Gasteiger partial charge in [0.2, 0.25) is 0 Å². The Morgan fingerprint density at radius 1 is 1.14 bits per heavy atom. The fraction of sp³-hybridized carbons (Fsp3) is 0.200. The Morgan fingerprint density at radius 3 is 2.57 bits per heavy atom. The molecule has 0 saturated carbocycles. The lowest BCUT2D eigenvalue weighted by Crippen LogP contribution is -2.23. The van der Waals surface area contributed by atoms with Crippen LogP contribution in [0.3, 0.4) is 0 Å². The minimum Gasteiger partial charge on any atom is -0.379 e. The van der Waals surface area contributed by atoms with Gasteiger partial charge in [-0.1, -0.05) is 12.1 Å². The summed E-state index contributed by atoms with van der Waals surface area (Å²) < 4.78 is 57.6. The number of H-pyrrole nitrogens is 1. The maximum Gasteiger partial charge on any atom is 0.345 e. The first-order valence-electron chi connectivity index (χ1n) is 8.73. The number of rotatable bonds is 4. The lowest BCUT2D eigenvalue weighted by molar-refractivity contribution is 0.370. The number of aromatic nitrogens is 1. The molecule has 0 aliphatic carbocycles. The van der Waals surface area contributed by atoms with E-state index < -0.39 is 26.6 Å². The normalized spacial score (nSPS) is 15.6. The average molecular weight is 404 g/mol. The van der Waals surface area contributed by atoms with E-state index in [4.69, 9.17) is 4.18 Å². The van der Waals surface area contributed by atoms with Crippen LogP contribution in [0.25, 0.3) is 16.5 Å². The molecule has 146 valence electrons. The molecule has 2 heterocycles. The van der Waals surface area contributed by atoms with E-state index >= 15 is 0 Å². The zero-order chi connectivity index (χ0) is 19.9. The molecule has 0 spiro atoms. The summed E-state index contributed by atoms with van der Waals surface area (Å²) in [6.45, 7) is 1.76. The summed E-state index contributed by atoms with van der Waals surface area (Å²) in [6.07, 6.45) is 4.87. The minimum atomic E-state index is -4.65. The Morgan fingerprint density at radius 2 is 1.89 bits per heavy atom. The van der Waals surface area contributed by atoms with Gasteiger partial charge in [0, 0.05) is 35.8 Å². The fourth-order valence-electron chi connectivity index (χ4n) is 3.32. The second-order valence-corrected chi connectivity index (χ2v) is 8.22. The van der Waals surface area contributed by atoms with Crippen molar-refractivity contribution in [2.24, 2.45) is 0 Å². The van der Waals surface area contributed by atoms with Crippen LogP contribution in [0.15, 0.2) is 53.6 Å².